The Bertz CT molecular complexity index is 539. The van der Waals surface area contributed by atoms with Gasteiger partial charge in [0.25, 0.3) is 0 Å². The lowest BCUT2D eigenvalue weighted by atomic mass is 9.88. The van der Waals surface area contributed by atoms with Gasteiger partial charge in [0.05, 0.1) is 17.5 Å². The number of fused-ring (bicyclic) bond motifs is 1. The number of amidine groups is 1. The van der Waals surface area contributed by atoms with Crippen LogP contribution in [0.2, 0.25) is 0 Å². The molecule has 0 amide bonds. The summed E-state index contributed by atoms with van der Waals surface area (Å²) in [4.78, 5) is 0. The lowest BCUT2D eigenvalue weighted by molar-refractivity contribution is 0.417. The predicted molar refractivity (Wildman–Crippen MR) is 70.0 cm³/mol. The van der Waals surface area contributed by atoms with E-state index in [1.54, 1.807) is 0 Å². The van der Waals surface area contributed by atoms with Gasteiger partial charge in [0, 0.05) is 17.3 Å². The molecule has 2 rings (SSSR count). The third-order valence-corrected chi connectivity index (χ3v) is 3.23. The van der Waals surface area contributed by atoms with E-state index >= 15 is 0 Å². The molecule has 4 heteroatoms. The number of nitrogens with two attached hydrogens (primary N) is 1. The number of aromatic nitrogens is 2. The van der Waals surface area contributed by atoms with E-state index in [2.05, 4.69) is 17.2 Å². The van der Waals surface area contributed by atoms with Gasteiger partial charge in [-0.25, -0.2) is 0 Å². The van der Waals surface area contributed by atoms with Crippen molar-refractivity contribution in [1.82, 2.24) is 9.78 Å². The number of para-hydroxylation sites is 1. The Morgan fingerprint density at radius 1 is 1.41 bits per heavy atom. The highest BCUT2D eigenvalue weighted by atomic mass is 15.3. The molecule has 0 radical (unpaired) electrons. The van der Waals surface area contributed by atoms with Crippen molar-refractivity contribution in [2.45, 2.75) is 26.8 Å². The third kappa shape index (κ3) is 2.30. The number of nitrogens with one attached hydrogen (secondary N) is 1. The smallest absolute Gasteiger partial charge is 0.0963 e. The van der Waals surface area contributed by atoms with Gasteiger partial charge in [0.2, 0.25) is 0 Å². The number of hydrogen-bond donors (Lipinski definition) is 2. The standard InChI is InChI=1S/C13H18N4/c1-13(2,12(14)15)7-8-17-11-6-4-3-5-10(11)9-16-17/h3-6,9H,7-8H2,1-2H3,(H3,14,15). The Kier molecular flexibility index (Phi) is 2.88. The molecular formula is C13H18N4. The highest BCUT2D eigenvalue weighted by Gasteiger charge is 2.21. The van der Waals surface area contributed by atoms with Crippen molar-refractivity contribution < 1.29 is 0 Å². The van der Waals surface area contributed by atoms with Crippen molar-refractivity contribution in [3.8, 4) is 0 Å². The summed E-state index contributed by atoms with van der Waals surface area (Å²) in [6, 6.07) is 8.13. The van der Waals surface area contributed by atoms with E-state index < -0.39 is 0 Å². The van der Waals surface area contributed by atoms with Gasteiger partial charge in [-0.1, -0.05) is 32.0 Å². The molecule has 2 aromatic rings. The van der Waals surface area contributed by atoms with Crippen LogP contribution in [0.4, 0.5) is 0 Å². The summed E-state index contributed by atoms with van der Waals surface area (Å²) in [6.45, 7) is 4.75. The molecule has 0 unspecified atom stereocenters. The number of benzene rings is 1. The Labute approximate surface area is 101 Å². The van der Waals surface area contributed by atoms with Gasteiger partial charge in [-0.05, 0) is 12.5 Å². The first kappa shape index (κ1) is 11.6. The number of nitrogens with zero attached hydrogens (tertiary/aromatic N) is 2. The van der Waals surface area contributed by atoms with Gasteiger partial charge in [-0.3, -0.25) is 10.1 Å². The Morgan fingerprint density at radius 3 is 2.82 bits per heavy atom. The van der Waals surface area contributed by atoms with E-state index in [1.807, 2.05) is 36.9 Å². The van der Waals surface area contributed by atoms with E-state index in [1.165, 1.54) is 0 Å². The largest absolute Gasteiger partial charge is 0.387 e. The molecule has 17 heavy (non-hydrogen) atoms. The molecule has 1 aromatic heterocycles. The average Bonchev–Trinajstić information content (AvgIpc) is 2.69. The quantitative estimate of drug-likeness (QED) is 0.625. The van der Waals surface area contributed by atoms with Crippen molar-refractivity contribution in [2.24, 2.45) is 11.1 Å². The van der Waals surface area contributed by atoms with Crippen molar-refractivity contribution in [2.75, 3.05) is 0 Å². The number of rotatable bonds is 4. The van der Waals surface area contributed by atoms with Crippen LogP contribution in [-0.4, -0.2) is 15.6 Å². The highest BCUT2D eigenvalue weighted by molar-refractivity contribution is 5.82. The fourth-order valence-electron chi connectivity index (χ4n) is 1.72. The molecule has 3 N–H and O–H groups in total. The maximum Gasteiger partial charge on any atom is 0.0963 e. The predicted octanol–water partition coefficient (Wildman–Crippen LogP) is 2.39. The summed E-state index contributed by atoms with van der Waals surface area (Å²) in [7, 11) is 0. The Balaban J connectivity index is 2.17. The van der Waals surface area contributed by atoms with E-state index in [0.717, 1.165) is 23.9 Å². The summed E-state index contributed by atoms with van der Waals surface area (Å²) in [5.74, 6) is 0.231. The van der Waals surface area contributed by atoms with Crippen molar-refractivity contribution in [1.29, 1.82) is 5.41 Å². The second-order valence-corrected chi connectivity index (χ2v) is 4.97. The van der Waals surface area contributed by atoms with Crippen LogP contribution < -0.4 is 5.73 Å². The monoisotopic (exact) mass is 230 g/mol. The van der Waals surface area contributed by atoms with E-state index in [-0.39, 0.29) is 11.3 Å². The second-order valence-electron chi connectivity index (χ2n) is 4.97. The van der Waals surface area contributed by atoms with Gasteiger partial charge in [0.1, 0.15) is 0 Å². The zero-order valence-electron chi connectivity index (χ0n) is 10.3. The average molecular weight is 230 g/mol. The van der Waals surface area contributed by atoms with Crippen LogP contribution in [0.15, 0.2) is 30.5 Å². The molecule has 1 aromatic carbocycles. The lowest BCUT2D eigenvalue weighted by Gasteiger charge is -2.22. The minimum absolute atomic E-state index is 0.231. The fraction of sp³-hybridized carbons (Fsp3) is 0.385. The molecule has 0 saturated carbocycles. The van der Waals surface area contributed by atoms with Crippen LogP contribution in [0.3, 0.4) is 0 Å². The molecule has 0 aliphatic rings. The fourth-order valence-corrected chi connectivity index (χ4v) is 1.72. The summed E-state index contributed by atoms with van der Waals surface area (Å²) in [6.07, 6.45) is 2.68. The summed E-state index contributed by atoms with van der Waals surface area (Å²) in [5, 5.41) is 13.0. The van der Waals surface area contributed by atoms with Crippen LogP contribution in [0.25, 0.3) is 10.9 Å². The van der Waals surface area contributed by atoms with Crippen LogP contribution in [0.5, 0.6) is 0 Å². The first-order valence-electron chi connectivity index (χ1n) is 5.76. The van der Waals surface area contributed by atoms with Crippen LogP contribution in [0.1, 0.15) is 20.3 Å². The molecule has 4 nitrogen and oxygen atoms in total. The molecule has 0 fully saturated rings. The topological polar surface area (TPSA) is 67.7 Å². The zero-order chi connectivity index (χ0) is 12.5. The van der Waals surface area contributed by atoms with E-state index in [0.29, 0.717) is 0 Å². The molecule has 0 aliphatic heterocycles. The van der Waals surface area contributed by atoms with Crippen LogP contribution in [0, 0.1) is 10.8 Å². The number of hydrogen-bond acceptors (Lipinski definition) is 2. The first-order valence-corrected chi connectivity index (χ1v) is 5.76. The van der Waals surface area contributed by atoms with Crippen LogP contribution >= 0.6 is 0 Å². The van der Waals surface area contributed by atoms with E-state index in [4.69, 9.17) is 11.1 Å². The molecule has 0 spiro atoms. The number of aryl methyl sites for hydroxylation is 1. The van der Waals surface area contributed by atoms with E-state index in [9.17, 15) is 0 Å². The SMILES string of the molecule is CC(C)(CCn1ncc2ccccc21)C(=N)N. The normalized spacial score (nSPS) is 11.9. The van der Waals surface area contributed by atoms with Gasteiger partial charge in [0.15, 0.2) is 0 Å². The van der Waals surface area contributed by atoms with Crippen molar-refractivity contribution in [3.05, 3.63) is 30.5 Å². The lowest BCUT2D eigenvalue weighted by Crippen LogP contribution is -2.31. The minimum Gasteiger partial charge on any atom is -0.387 e. The third-order valence-electron chi connectivity index (χ3n) is 3.23. The van der Waals surface area contributed by atoms with Crippen LogP contribution in [-0.2, 0) is 6.54 Å². The molecule has 90 valence electrons. The highest BCUT2D eigenvalue weighted by Crippen LogP contribution is 2.22. The van der Waals surface area contributed by atoms with Gasteiger partial charge >= 0.3 is 0 Å². The molecule has 1 heterocycles. The first-order chi connectivity index (χ1) is 8.00. The second kappa shape index (κ2) is 4.20. The molecule has 0 bridgehead atoms. The van der Waals surface area contributed by atoms with Gasteiger partial charge in [-0.15, -0.1) is 0 Å². The molecular weight excluding hydrogens is 212 g/mol. The molecule has 0 aliphatic carbocycles. The molecule has 0 saturated heterocycles. The van der Waals surface area contributed by atoms with Crippen molar-refractivity contribution in [3.63, 3.8) is 0 Å². The summed E-state index contributed by atoms with van der Waals surface area (Å²) >= 11 is 0. The maximum absolute atomic E-state index is 7.54. The zero-order valence-corrected chi connectivity index (χ0v) is 10.3. The molecule has 0 atom stereocenters. The van der Waals surface area contributed by atoms with Gasteiger partial charge in [-0.2, -0.15) is 5.10 Å². The Morgan fingerprint density at radius 2 is 2.12 bits per heavy atom. The van der Waals surface area contributed by atoms with Crippen molar-refractivity contribution >= 4 is 16.7 Å². The Hall–Kier alpha value is -1.84. The maximum atomic E-state index is 7.54. The van der Waals surface area contributed by atoms with Gasteiger partial charge < -0.3 is 5.73 Å². The minimum atomic E-state index is -0.271. The summed E-state index contributed by atoms with van der Waals surface area (Å²) < 4.78 is 1.97. The summed E-state index contributed by atoms with van der Waals surface area (Å²) in [5.41, 5.74) is 6.44.